The molecule has 4 aromatic rings. The van der Waals surface area contributed by atoms with E-state index in [2.05, 4.69) is 38.4 Å². The van der Waals surface area contributed by atoms with Crippen molar-refractivity contribution < 1.29 is 23.7 Å². The third-order valence-electron chi connectivity index (χ3n) is 6.75. The van der Waals surface area contributed by atoms with Crippen molar-refractivity contribution in [3.63, 3.8) is 0 Å². The lowest BCUT2D eigenvalue weighted by Crippen LogP contribution is -2.06. The molecule has 2 aliphatic rings. The Bertz CT molecular complexity index is 1630. The van der Waals surface area contributed by atoms with Gasteiger partial charge in [-0.1, -0.05) is 44.5 Å². The molecule has 6 rings (SSSR count). The van der Waals surface area contributed by atoms with Crippen molar-refractivity contribution in [3.05, 3.63) is 121 Å². The topological polar surface area (TPSA) is 54.0 Å². The lowest BCUT2D eigenvalue weighted by atomic mass is 9.96. The number of hydrogen-bond acceptors (Lipinski definition) is 5. The zero-order valence-corrected chi connectivity index (χ0v) is 23.6. The summed E-state index contributed by atoms with van der Waals surface area (Å²) in [5.41, 5.74) is 6.54. The highest BCUT2D eigenvalue weighted by molar-refractivity contribution is 9.10. The van der Waals surface area contributed by atoms with E-state index in [1.54, 1.807) is 25.3 Å². The standard InChI is InChI=1S/C31H22Br2O5/c1-17-25-6-5-24(11-18(25)14-37-29-8-3-21(32)12-27(17)29)36-16-20-9-22(33)13-28-30(34)26-7-4-23(35-2)10-19(26)15-38-31(20)28/h3-13H,1,14-16H2,2H3. The molecule has 0 amide bonds. The minimum atomic E-state index is -0.0930. The SMILES string of the molecule is C=C1c2ccc(OCc3cc(Br)cc4c3OCc3cc(OC)ccc3C4=O)cc2COc2ccc(Br)cc21. The highest BCUT2D eigenvalue weighted by atomic mass is 79.9. The first-order valence-corrected chi connectivity index (χ1v) is 13.5. The van der Waals surface area contributed by atoms with E-state index in [9.17, 15) is 4.79 Å². The molecule has 0 radical (unpaired) electrons. The molecule has 0 atom stereocenters. The molecule has 5 nitrogen and oxygen atoms in total. The molecule has 2 aliphatic heterocycles. The molecular weight excluding hydrogens is 612 g/mol. The molecule has 0 N–H and O–H groups in total. The quantitative estimate of drug-likeness (QED) is 0.229. The van der Waals surface area contributed by atoms with Crippen LogP contribution in [-0.4, -0.2) is 12.9 Å². The summed E-state index contributed by atoms with van der Waals surface area (Å²) in [6.45, 7) is 5.21. The minimum Gasteiger partial charge on any atom is -0.497 e. The van der Waals surface area contributed by atoms with Crippen LogP contribution in [0.4, 0.5) is 0 Å². The van der Waals surface area contributed by atoms with E-state index >= 15 is 0 Å². The van der Waals surface area contributed by atoms with Crippen molar-refractivity contribution in [2.45, 2.75) is 19.8 Å². The number of ketones is 1. The van der Waals surface area contributed by atoms with Crippen molar-refractivity contribution in [3.8, 4) is 23.0 Å². The second-order valence-electron chi connectivity index (χ2n) is 9.10. The van der Waals surface area contributed by atoms with Crippen LogP contribution in [0.3, 0.4) is 0 Å². The van der Waals surface area contributed by atoms with Gasteiger partial charge in [0.1, 0.15) is 42.8 Å². The van der Waals surface area contributed by atoms with Crippen LogP contribution in [0, 0.1) is 0 Å². The molecule has 0 saturated carbocycles. The number of carbonyl (C=O) groups is 1. The van der Waals surface area contributed by atoms with Gasteiger partial charge < -0.3 is 18.9 Å². The van der Waals surface area contributed by atoms with E-state index in [0.717, 1.165) is 48.1 Å². The number of halogens is 2. The van der Waals surface area contributed by atoms with Crippen molar-refractivity contribution in [1.82, 2.24) is 0 Å². The molecule has 4 aromatic carbocycles. The number of ether oxygens (including phenoxy) is 4. The Balaban J connectivity index is 1.27. The van der Waals surface area contributed by atoms with Crippen LogP contribution < -0.4 is 18.9 Å². The van der Waals surface area contributed by atoms with Crippen LogP contribution in [0.15, 0.2) is 82.3 Å². The molecule has 0 spiro atoms. The molecule has 7 heteroatoms. The zero-order valence-electron chi connectivity index (χ0n) is 20.5. The number of methoxy groups -OCH3 is 1. The predicted molar refractivity (Wildman–Crippen MR) is 152 cm³/mol. The van der Waals surface area contributed by atoms with E-state index in [-0.39, 0.29) is 19.0 Å². The Morgan fingerprint density at radius 3 is 2.34 bits per heavy atom. The largest absolute Gasteiger partial charge is 0.497 e. The van der Waals surface area contributed by atoms with Crippen molar-refractivity contribution >= 4 is 43.2 Å². The van der Waals surface area contributed by atoms with Crippen molar-refractivity contribution in [2.24, 2.45) is 0 Å². The van der Waals surface area contributed by atoms with Crippen LogP contribution >= 0.6 is 31.9 Å². The van der Waals surface area contributed by atoms with Gasteiger partial charge in [-0.3, -0.25) is 4.79 Å². The summed E-state index contributed by atoms with van der Waals surface area (Å²) in [6.07, 6.45) is 0. The predicted octanol–water partition coefficient (Wildman–Crippen LogP) is 7.88. The maximum atomic E-state index is 13.4. The van der Waals surface area contributed by atoms with Crippen LogP contribution in [0.1, 0.15) is 43.7 Å². The number of rotatable bonds is 4. The van der Waals surface area contributed by atoms with Crippen molar-refractivity contribution in [2.75, 3.05) is 7.11 Å². The monoisotopic (exact) mass is 632 g/mol. The molecule has 2 heterocycles. The van der Waals surface area contributed by atoms with Crippen LogP contribution in [0.2, 0.25) is 0 Å². The van der Waals surface area contributed by atoms with E-state index in [4.69, 9.17) is 18.9 Å². The molecule has 38 heavy (non-hydrogen) atoms. The highest BCUT2D eigenvalue weighted by Crippen LogP contribution is 2.39. The first-order chi connectivity index (χ1) is 18.4. The molecule has 190 valence electrons. The van der Waals surface area contributed by atoms with Gasteiger partial charge in [0, 0.05) is 36.8 Å². The van der Waals surface area contributed by atoms with Gasteiger partial charge in [-0.05, 0) is 71.8 Å². The first-order valence-electron chi connectivity index (χ1n) is 12.0. The summed E-state index contributed by atoms with van der Waals surface area (Å²) >= 11 is 7.09. The fraction of sp³-hybridized carbons (Fsp3) is 0.129. The molecule has 0 bridgehead atoms. The maximum Gasteiger partial charge on any atom is 0.197 e. The lowest BCUT2D eigenvalue weighted by molar-refractivity contribution is 0.103. The number of benzene rings is 4. The number of fused-ring (bicyclic) bond motifs is 4. The Labute approximate surface area is 237 Å². The molecule has 0 fully saturated rings. The molecule has 0 saturated heterocycles. The minimum absolute atomic E-state index is 0.0930. The van der Waals surface area contributed by atoms with Crippen molar-refractivity contribution in [1.29, 1.82) is 0 Å². The Kier molecular flexibility index (Phi) is 6.50. The smallest absolute Gasteiger partial charge is 0.197 e. The van der Waals surface area contributed by atoms with Gasteiger partial charge in [-0.2, -0.15) is 0 Å². The average Bonchev–Trinajstić information content (AvgIpc) is 3.15. The molecular formula is C31H22Br2O5. The van der Waals surface area contributed by atoms with Crippen LogP contribution in [-0.2, 0) is 19.8 Å². The summed E-state index contributed by atoms with van der Waals surface area (Å²) < 4.78 is 25.5. The van der Waals surface area contributed by atoms with E-state index in [1.807, 2.05) is 48.5 Å². The fourth-order valence-corrected chi connectivity index (χ4v) is 5.69. The van der Waals surface area contributed by atoms with Crippen LogP contribution in [0.25, 0.3) is 5.57 Å². The highest BCUT2D eigenvalue weighted by Gasteiger charge is 2.26. The zero-order chi connectivity index (χ0) is 26.4. The Hall–Kier alpha value is -3.55. The summed E-state index contributed by atoms with van der Waals surface area (Å²) in [7, 11) is 1.60. The second-order valence-corrected chi connectivity index (χ2v) is 10.9. The van der Waals surface area contributed by atoms with Gasteiger partial charge in [0.05, 0.1) is 12.7 Å². The van der Waals surface area contributed by atoms with Gasteiger partial charge in [0.2, 0.25) is 0 Å². The maximum absolute atomic E-state index is 13.4. The van der Waals surface area contributed by atoms with Gasteiger partial charge in [-0.25, -0.2) is 0 Å². The van der Waals surface area contributed by atoms with Gasteiger partial charge >= 0.3 is 0 Å². The Morgan fingerprint density at radius 2 is 1.50 bits per heavy atom. The molecule has 0 unspecified atom stereocenters. The van der Waals surface area contributed by atoms with E-state index in [0.29, 0.717) is 35.0 Å². The third kappa shape index (κ3) is 4.50. The van der Waals surface area contributed by atoms with Gasteiger partial charge in [0.15, 0.2) is 5.78 Å². The Morgan fingerprint density at radius 1 is 0.789 bits per heavy atom. The first kappa shape index (κ1) is 24.8. The third-order valence-corrected chi connectivity index (χ3v) is 7.70. The number of carbonyl (C=O) groups excluding carboxylic acids is 1. The molecule has 0 aliphatic carbocycles. The van der Waals surface area contributed by atoms with E-state index < -0.39 is 0 Å². The fourth-order valence-electron chi connectivity index (χ4n) is 4.83. The summed E-state index contributed by atoms with van der Waals surface area (Å²) in [5, 5.41) is 0. The lowest BCUT2D eigenvalue weighted by Gasteiger charge is -2.15. The second kappa shape index (κ2) is 9.97. The number of hydrogen-bond donors (Lipinski definition) is 0. The summed E-state index contributed by atoms with van der Waals surface area (Å²) in [5.74, 6) is 2.61. The normalized spacial score (nSPS) is 13.6. The summed E-state index contributed by atoms with van der Waals surface area (Å²) in [6, 6.07) is 21.0. The average molecular weight is 634 g/mol. The van der Waals surface area contributed by atoms with Crippen LogP contribution in [0.5, 0.6) is 23.0 Å². The van der Waals surface area contributed by atoms with E-state index in [1.165, 1.54) is 0 Å². The van der Waals surface area contributed by atoms with Gasteiger partial charge in [-0.15, -0.1) is 0 Å². The van der Waals surface area contributed by atoms with Gasteiger partial charge in [0.25, 0.3) is 0 Å². The molecule has 0 aromatic heterocycles. The summed E-state index contributed by atoms with van der Waals surface area (Å²) in [4.78, 5) is 13.4.